The molecular weight excluding hydrogens is 1160 g/mol. The summed E-state index contributed by atoms with van der Waals surface area (Å²) in [6.45, 7) is 33.1. The summed E-state index contributed by atoms with van der Waals surface area (Å²) in [5, 5.41) is 15.5. The largest absolute Gasteiger partial charge is 0.619 e. The number of pyridine rings is 3. The van der Waals surface area contributed by atoms with Gasteiger partial charge in [-0.3, -0.25) is 9.71 Å². The van der Waals surface area contributed by atoms with Crippen LogP contribution in [0.3, 0.4) is 0 Å². The molecule has 3 aromatic heterocycles. The Morgan fingerprint density at radius 3 is 1.02 bits per heavy atom. The van der Waals surface area contributed by atoms with E-state index in [2.05, 4.69) is 97.0 Å². The van der Waals surface area contributed by atoms with Gasteiger partial charge in [0.15, 0.2) is 12.4 Å². The molecule has 0 saturated carbocycles. The van der Waals surface area contributed by atoms with Crippen molar-refractivity contribution in [2.45, 2.75) is 127 Å². The molecule has 10 rings (SSSR count). The minimum Gasteiger partial charge on any atom is -0.619 e. The van der Waals surface area contributed by atoms with Crippen LogP contribution in [0.4, 0.5) is 19.0 Å². The number of nitrogens with two attached hydrogens (primary N) is 1. The first-order chi connectivity index (χ1) is 41.6. The number of aryl methyl sites for hydroxylation is 17. The number of anilines is 1. The van der Waals surface area contributed by atoms with E-state index in [4.69, 9.17) is 5.14 Å². The summed E-state index contributed by atoms with van der Waals surface area (Å²) in [4.78, 5) is 8.37. The molecule has 3 heterocycles. The minimum atomic E-state index is -3.57. The van der Waals surface area contributed by atoms with Crippen molar-refractivity contribution in [1.29, 1.82) is 0 Å². The molecule has 7 aromatic carbocycles. The van der Waals surface area contributed by atoms with Crippen molar-refractivity contribution in [2.24, 2.45) is 5.14 Å². The molecule has 0 bridgehead atoms. The van der Waals surface area contributed by atoms with Crippen LogP contribution in [0.15, 0.2) is 217 Å². The zero-order chi connectivity index (χ0) is 67.0. The highest BCUT2D eigenvalue weighted by Gasteiger charge is 2.15. The van der Waals surface area contributed by atoms with Crippen molar-refractivity contribution in [2.75, 3.05) is 4.72 Å². The topological polar surface area (TPSA) is 159 Å². The molecule has 15 heteroatoms. The van der Waals surface area contributed by atoms with Gasteiger partial charge in [0.05, 0.1) is 9.79 Å². The van der Waals surface area contributed by atoms with Crippen LogP contribution >= 0.6 is 0 Å². The van der Waals surface area contributed by atoms with Crippen LogP contribution in [0.2, 0.25) is 0 Å². The molecule has 0 saturated heterocycles. The molecule has 0 fully saturated rings. The van der Waals surface area contributed by atoms with E-state index in [1.165, 1.54) is 75.8 Å². The minimum absolute atomic E-state index is 0.124. The predicted octanol–water partition coefficient (Wildman–Crippen LogP) is 17.7. The Kier molecular flexibility index (Phi) is 33.0. The molecule has 0 spiro atoms. The van der Waals surface area contributed by atoms with Crippen molar-refractivity contribution in [3.63, 3.8) is 0 Å². The van der Waals surface area contributed by atoms with Gasteiger partial charge < -0.3 is 5.21 Å². The first kappa shape index (κ1) is 76.3. The van der Waals surface area contributed by atoms with Gasteiger partial charge in [0.25, 0.3) is 10.0 Å². The monoisotopic (exact) mass is 1250 g/mol. The van der Waals surface area contributed by atoms with Gasteiger partial charge in [0.2, 0.25) is 10.0 Å². The average Bonchev–Trinajstić information content (AvgIpc) is 3.42. The van der Waals surface area contributed by atoms with E-state index in [1.807, 2.05) is 138 Å². The second-order valence-corrected chi connectivity index (χ2v) is 25.2. The molecule has 0 aliphatic heterocycles. The van der Waals surface area contributed by atoms with Crippen LogP contribution in [-0.4, -0.2) is 26.8 Å². The van der Waals surface area contributed by atoms with Gasteiger partial charge in [-0.05, 0) is 246 Å². The lowest BCUT2D eigenvalue weighted by atomic mass is 10.1. The number of sulfonamides is 2. The van der Waals surface area contributed by atoms with Gasteiger partial charge in [-0.2, -0.15) is 4.73 Å². The maximum Gasteiger partial charge on any atom is 0.263 e. The summed E-state index contributed by atoms with van der Waals surface area (Å²) < 4.78 is 86.4. The van der Waals surface area contributed by atoms with Crippen LogP contribution in [0.25, 0.3) is 0 Å². The van der Waals surface area contributed by atoms with Crippen molar-refractivity contribution >= 4 is 25.9 Å². The van der Waals surface area contributed by atoms with Crippen molar-refractivity contribution in [1.82, 2.24) is 9.97 Å². The van der Waals surface area contributed by atoms with Gasteiger partial charge in [0, 0.05) is 29.7 Å². The summed E-state index contributed by atoms with van der Waals surface area (Å²) in [6.07, 6.45) is 8.38. The normalized spacial score (nSPS) is 10.1. The zero-order valence-electron chi connectivity index (χ0n) is 54.5. The third-order valence-electron chi connectivity index (χ3n) is 11.9. The fraction of sp³-hybridized carbons (Fsp3) is 0.230. The fourth-order valence-corrected chi connectivity index (χ4v) is 9.91. The number of aromatic nitrogens is 3. The SMILES string of the molecule is Cc1cc(C)c[n+]([O-])c1.Cc1cc(C)cc(F)c1.Cc1cc(C)cc(F)c1.Cc1ccc(F)c(C)c1.Cc1cccc(C)c1.Cc1cccc(C)c1.Cc1cccc(S(=O)(=O)Nc2cc(C)ccn2)c1.Cc1cccc(S(N)(=O)=O)c1.Cc1cncc(C)c1. The van der Waals surface area contributed by atoms with Crippen LogP contribution < -0.4 is 14.6 Å². The predicted molar refractivity (Wildman–Crippen MR) is 362 cm³/mol. The number of nitrogens with zero attached hydrogens (tertiary/aromatic N) is 3. The van der Waals surface area contributed by atoms with Crippen LogP contribution in [0.5, 0.6) is 0 Å². The molecule has 0 aliphatic rings. The fourth-order valence-electron chi connectivity index (χ4n) is 8.19. The smallest absolute Gasteiger partial charge is 0.263 e. The molecule has 0 unspecified atom stereocenters. The lowest BCUT2D eigenvalue weighted by Gasteiger charge is -2.08. The highest BCUT2D eigenvalue weighted by atomic mass is 32.2. The Bertz CT molecular complexity index is 3620. The third kappa shape index (κ3) is 34.4. The van der Waals surface area contributed by atoms with Gasteiger partial charge in [-0.25, -0.2) is 40.1 Å². The number of halogens is 3. The summed E-state index contributed by atoms with van der Waals surface area (Å²) in [6, 6.07) is 52.8. The quantitative estimate of drug-likeness (QED) is 0.131. The standard InChI is InChI=1S/C13H14N2O2S.3C8H9F.2C8H10.C7H9NO2S.C7H9NO.C7H9N/c1-10-4-3-5-12(8-10)18(16,17)15-13-9-11(2)6-7-14-13;2*1-6-3-7(2)5-8(9)4-6;1-6-3-4-8(9)7(2)5-6;2*1-7-4-3-5-8(2)6-7;1-6-3-2-4-7(5-6)11(8,9)10;1-6-3-7(2)5-8(9)4-6;1-6-3-7(2)5-8-4-6/h3-9H,1-2H3,(H,14,15);3*3-5H,1-2H3;2*3-6H,1-2H3;2-5H,1H3,(H2,8,9,10);3-5H,1-2H3;3-5H,1-2H3. The molecule has 10 aromatic rings. The molecule has 3 N–H and O–H groups in total. The highest BCUT2D eigenvalue weighted by molar-refractivity contribution is 7.92. The number of hydrogen-bond donors (Lipinski definition) is 2. The number of rotatable bonds is 4. The van der Waals surface area contributed by atoms with E-state index >= 15 is 0 Å². The van der Waals surface area contributed by atoms with Crippen molar-refractivity contribution in [3.05, 3.63) is 324 Å². The number of hydrogen-bond acceptors (Lipinski definition) is 7. The summed E-state index contributed by atoms with van der Waals surface area (Å²) in [7, 11) is -7.09. The van der Waals surface area contributed by atoms with Gasteiger partial charge >= 0.3 is 0 Å². The number of primary sulfonamides is 1. The van der Waals surface area contributed by atoms with Crippen LogP contribution in [-0.2, 0) is 20.0 Å². The summed E-state index contributed by atoms with van der Waals surface area (Å²) in [5.74, 6) is -0.0860. The molecular formula is C74H88F3N5O5S2. The maximum atomic E-state index is 12.5. The number of nitrogens with one attached hydrogen (secondary N) is 1. The Hall–Kier alpha value is -8.76. The van der Waals surface area contributed by atoms with Crippen molar-refractivity contribution < 1.29 is 34.7 Å². The molecule has 89 heavy (non-hydrogen) atoms. The molecule has 0 atom stereocenters. The zero-order valence-corrected chi connectivity index (χ0v) is 56.2. The second-order valence-electron chi connectivity index (χ2n) is 22.0. The van der Waals surface area contributed by atoms with E-state index < -0.39 is 20.0 Å². The first-order valence-electron chi connectivity index (χ1n) is 28.5. The Morgan fingerprint density at radius 2 is 0.719 bits per heavy atom. The van der Waals surface area contributed by atoms with E-state index in [9.17, 15) is 35.2 Å². The summed E-state index contributed by atoms with van der Waals surface area (Å²) >= 11 is 0. The Balaban J connectivity index is 0.000000346. The van der Waals surface area contributed by atoms with Gasteiger partial charge in [-0.1, -0.05) is 131 Å². The van der Waals surface area contributed by atoms with Gasteiger partial charge in [0.1, 0.15) is 23.3 Å². The first-order valence-corrected chi connectivity index (χ1v) is 31.6. The van der Waals surface area contributed by atoms with E-state index in [0.717, 1.165) is 65.9 Å². The lowest BCUT2D eigenvalue weighted by molar-refractivity contribution is -0.606. The third-order valence-corrected chi connectivity index (χ3v) is 14.2. The van der Waals surface area contributed by atoms with E-state index in [-0.39, 0.29) is 27.2 Å². The van der Waals surface area contributed by atoms with Crippen molar-refractivity contribution in [3.8, 4) is 0 Å². The van der Waals surface area contributed by atoms with Crippen LogP contribution in [0.1, 0.15) is 94.6 Å². The summed E-state index contributed by atoms with van der Waals surface area (Å²) in [5.41, 5.74) is 18.3. The highest BCUT2D eigenvalue weighted by Crippen LogP contribution is 2.17. The maximum absolute atomic E-state index is 12.5. The molecule has 10 nitrogen and oxygen atoms in total. The lowest BCUT2D eigenvalue weighted by Crippen LogP contribution is -2.25. The molecule has 0 amide bonds. The molecule has 0 radical (unpaired) electrons. The molecule has 472 valence electrons. The molecule has 0 aliphatic carbocycles. The Labute approximate surface area is 529 Å². The van der Waals surface area contributed by atoms with E-state index in [0.29, 0.717) is 5.82 Å². The van der Waals surface area contributed by atoms with Gasteiger partial charge in [-0.15, -0.1) is 0 Å². The number of benzene rings is 7. The van der Waals surface area contributed by atoms with Crippen LogP contribution in [0, 0.1) is 140 Å². The second kappa shape index (κ2) is 38.5. The Morgan fingerprint density at radius 1 is 0.382 bits per heavy atom. The average molecular weight is 1250 g/mol. The van der Waals surface area contributed by atoms with E-state index in [1.54, 1.807) is 61.9 Å².